The largest absolute Gasteiger partial charge is 0.453 e. The van der Waals surface area contributed by atoms with Gasteiger partial charge in [-0.1, -0.05) is 62.4 Å². The molecule has 14 nitrogen and oxygen atoms in total. The van der Waals surface area contributed by atoms with Crippen LogP contribution in [0.2, 0.25) is 0 Å². The summed E-state index contributed by atoms with van der Waals surface area (Å²) in [5.41, 5.74) is 4.94. The highest BCUT2D eigenvalue weighted by molar-refractivity contribution is 5.91. The molecule has 0 bridgehead atoms. The minimum Gasteiger partial charge on any atom is -0.453 e. The van der Waals surface area contributed by atoms with E-state index >= 15 is 0 Å². The third-order valence-electron chi connectivity index (χ3n) is 10.8. The average molecular weight is 782 g/mol. The first-order valence-electron chi connectivity index (χ1n) is 19.4. The summed E-state index contributed by atoms with van der Waals surface area (Å²) < 4.78 is 10.4. The molecule has 0 unspecified atom stereocenters. The van der Waals surface area contributed by atoms with Gasteiger partial charge in [0.15, 0.2) is 0 Å². The summed E-state index contributed by atoms with van der Waals surface area (Å²) in [5.74, 6) is 0.374. The number of imidazole rings is 2. The zero-order valence-corrected chi connectivity index (χ0v) is 33.4. The first kappa shape index (κ1) is 39.6. The standard InChI is InChI=1S/C44H47N9O5/c1-25(2)38(51-42(55)57-7)41(54)52-23-26(20-45)16-36(52)39-48-22-35(50-39)32-15-14-30-17-29(12-13-31(30)18-32)27-8-10-28(11-9-27)34-21-47-40(49-34)37-19-33(46-6)24-53(37)43(56)58-44(3,4)5/h8-15,17-18,21-22,25-26,33,36-38H,16,19,23-24H2,1-5,7H3,(H,47,49)(H,48,50)(H,51,55)/t26-,33+,36+,37+,38+/m1/s1. The van der Waals surface area contributed by atoms with E-state index in [-0.39, 0.29) is 36.4 Å². The lowest BCUT2D eigenvalue weighted by Gasteiger charge is -2.29. The van der Waals surface area contributed by atoms with Crippen molar-refractivity contribution in [2.45, 2.75) is 77.2 Å². The number of ether oxygens (including phenoxy) is 2. The molecule has 2 aliphatic rings. The van der Waals surface area contributed by atoms with Crippen molar-refractivity contribution in [1.29, 1.82) is 5.26 Å². The number of likely N-dealkylation sites (tertiary alicyclic amines) is 2. The number of nitriles is 1. The summed E-state index contributed by atoms with van der Waals surface area (Å²) in [6.07, 6.45) is 3.30. The Morgan fingerprint density at radius 1 is 0.862 bits per heavy atom. The Morgan fingerprint density at radius 3 is 2.02 bits per heavy atom. The first-order valence-corrected chi connectivity index (χ1v) is 19.4. The predicted octanol–water partition coefficient (Wildman–Crippen LogP) is 8.05. The van der Waals surface area contributed by atoms with Gasteiger partial charge >= 0.3 is 12.2 Å². The first-order chi connectivity index (χ1) is 27.7. The van der Waals surface area contributed by atoms with E-state index in [9.17, 15) is 19.6 Å². The summed E-state index contributed by atoms with van der Waals surface area (Å²) >= 11 is 0. The van der Waals surface area contributed by atoms with Crippen LogP contribution in [0.25, 0.3) is 49.3 Å². The number of hydrogen-bond acceptors (Lipinski definition) is 8. The SMILES string of the molecule is [C-]#[N+][C@H]1C[C@@H](c2ncc(-c3ccc(-c4ccc5cc(-c6cnc([C@@H]7C[C@H](C#N)CN7C(=O)[C@@H](NC(=O)OC)C(C)C)[nH]6)ccc5c4)cc3)[nH]2)N(C(=O)OC(C)(C)C)C1. The number of hydrogen-bond donors (Lipinski definition) is 3. The third-order valence-corrected chi connectivity index (χ3v) is 10.8. The summed E-state index contributed by atoms with van der Waals surface area (Å²) in [7, 11) is 1.26. The van der Waals surface area contributed by atoms with E-state index in [4.69, 9.17) is 16.0 Å². The Labute approximate surface area is 337 Å². The summed E-state index contributed by atoms with van der Waals surface area (Å²) in [5, 5.41) is 14.5. The van der Waals surface area contributed by atoms with Crippen LogP contribution in [-0.2, 0) is 14.3 Å². The van der Waals surface area contributed by atoms with E-state index in [1.54, 1.807) is 22.2 Å². The highest BCUT2D eigenvalue weighted by Crippen LogP contribution is 2.37. The summed E-state index contributed by atoms with van der Waals surface area (Å²) in [6, 6.07) is 21.1. The molecule has 2 aliphatic heterocycles. The van der Waals surface area contributed by atoms with Crippen molar-refractivity contribution in [2.24, 2.45) is 11.8 Å². The molecule has 4 heterocycles. The number of rotatable bonds is 8. The number of benzene rings is 3. The Bertz CT molecular complexity index is 2420. The normalized spacial score (nSPS) is 19.8. The third kappa shape index (κ3) is 8.23. The molecule has 3 aromatic carbocycles. The average Bonchev–Trinajstić information content (AvgIpc) is 4.04. The molecule has 298 valence electrons. The lowest BCUT2D eigenvalue weighted by molar-refractivity contribution is -0.135. The second-order valence-corrected chi connectivity index (χ2v) is 16.3. The van der Waals surface area contributed by atoms with Gasteiger partial charge in [0.25, 0.3) is 0 Å². The number of aromatic amines is 2. The summed E-state index contributed by atoms with van der Waals surface area (Å²) in [6.45, 7) is 17.3. The van der Waals surface area contributed by atoms with Gasteiger partial charge in [0, 0.05) is 12.1 Å². The minimum atomic E-state index is -0.808. The van der Waals surface area contributed by atoms with Gasteiger partial charge in [0.05, 0.1) is 55.3 Å². The zero-order chi connectivity index (χ0) is 41.3. The molecule has 3 amide bonds. The van der Waals surface area contributed by atoms with Crippen molar-refractivity contribution in [2.75, 3.05) is 20.2 Å². The number of nitrogens with zero attached hydrogens (tertiary/aromatic N) is 6. The van der Waals surface area contributed by atoms with Crippen LogP contribution in [0.1, 0.15) is 71.2 Å². The van der Waals surface area contributed by atoms with Crippen LogP contribution in [0.15, 0.2) is 73.1 Å². The number of H-pyrrole nitrogens is 2. The maximum Gasteiger partial charge on any atom is 0.411 e. The number of alkyl carbamates (subject to hydrolysis) is 1. The van der Waals surface area contributed by atoms with Crippen molar-refractivity contribution in [3.63, 3.8) is 0 Å². The Hall–Kier alpha value is -6.67. The second kappa shape index (κ2) is 16.1. The van der Waals surface area contributed by atoms with Crippen LogP contribution in [-0.4, -0.2) is 85.7 Å². The number of amides is 3. The zero-order valence-electron chi connectivity index (χ0n) is 33.4. The van der Waals surface area contributed by atoms with E-state index in [0.717, 1.165) is 44.4 Å². The van der Waals surface area contributed by atoms with Gasteiger partial charge in [0.1, 0.15) is 35.9 Å². The van der Waals surface area contributed by atoms with Crippen LogP contribution in [0.4, 0.5) is 9.59 Å². The number of carbonyl (C=O) groups excluding carboxylic acids is 3. The molecular formula is C44H47N9O5. The smallest absolute Gasteiger partial charge is 0.411 e. The molecular weight excluding hydrogens is 735 g/mol. The van der Waals surface area contributed by atoms with Crippen LogP contribution < -0.4 is 5.32 Å². The number of nitrogens with one attached hydrogen (secondary N) is 3. The van der Waals surface area contributed by atoms with E-state index in [0.29, 0.717) is 31.0 Å². The Balaban J connectivity index is 1.05. The number of fused-ring (bicyclic) bond motifs is 1. The van der Waals surface area contributed by atoms with E-state index in [1.807, 2.05) is 52.8 Å². The molecule has 2 aromatic heterocycles. The van der Waals surface area contributed by atoms with Crippen molar-refractivity contribution < 1.29 is 23.9 Å². The topological polar surface area (TPSA) is 174 Å². The number of carbonyl (C=O) groups is 3. The molecule has 0 saturated carbocycles. The maximum absolute atomic E-state index is 13.7. The number of aromatic nitrogens is 4. The van der Waals surface area contributed by atoms with Gasteiger partial charge in [-0.3, -0.25) is 9.69 Å². The van der Waals surface area contributed by atoms with Crippen LogP contribution in [0, 0.1) is 29.7 Å². The molecule has 0 spiro atoms. The molecule has 7 rings (SSSR count). The molecule has 3 N–H and O–H groups in total. The molecule has 14 heteroatoms. The van der Waals surface area contributed by atoms with E-state index in [2.05, 4.69) is 78.6 Å². The van der Waals surface area contributed by atoms with Gasteiger partial charge in [-0.2, -0.15) is 5.26 Å². The second-order valence-electron chi connectivity index (χ2n) is 16.3. The van der Waals surface area contributed by atoms with Crippen LogP contribution >= 0.6 is 0 Å². The van der Waals surface area contributed by atoms with Crippen molar-refractivity contribution >= 4 is 28.9 Å². The van der Waals surface area contributed by atoms with Gasteiger partial charge in [-0.05, 0) is 72.7 Å². The fraction of sp³-hybridized carbons (Fsp3) is 0.386. The lowest BCUT2D eigenvalue weighted by Crippen LogP contribution is -2.51. The van der Waals surface area contributed by atoms with Crippen molar-refractivity contribution in [3.05, 3.63) is 96.1 Å². The monoisotopic (exact) mass is 781 g/mol. The molecule has 0 radical (unpaired) electrons. The molecule has 0 aliphatic carbocycles. The van der Waals surface area contributed by atoms with Gasteiger partial charge < -0.3 is 34.5 Å². The highest BCUT2D eigenvalue weighted by Gasteiger charge is 2.44. The molecule has 2 saturated heterocycles. The molecule has 5 atom stereocenters. The van der Waals surface area contributed by atoms with Gasteiger partial charge in [0.2, 0.25) is 11.9 Å². The van der Waals surface area contributed by atoms with E-state index in [1.165, 1.54) is 7.11 Å². The summed E-state index contributed by atoms with van der Waals surface area (Å²) in [4.78, 5) is 61.8. The molecule has 2 fully saturated rings. The van der Waals surface area contributed by atoms with Gasteiger partial charge in [-0.25, -0.2) is 26.1 Å². The van der Waals surface area contributed by atoms with Crippen LogP contribution in [0.5, 0.6) is 0 Å². The Morgan fingerprint density at radius 2 is 1.43 bits per heavy atom. The minimum absolute atomic E-state index is 0.196. The molecule has 5 aromatic rings. The Kier molecular flexibility index (Phi) is 11.0. The fourth-order valence-corrected chi connectivity index (χ4v) is 7.74. The number of methoxy groups -OCH3 is 1. The van der Waals surface area contributed by atoms with Crippen molar-refractivity contribution in [1.82, 2.24) is 35.1 Å². The quantitative estimate of drug-likeness (QED) is 0.133. The van der Waals surface area contributed by atoms with Crippen molar-refractivity contribution in [3.8, 4) is 39.7 Å². The highest BCUT2D eigenvalue weighted by atomic mass is 16.6. The van der Waals surface area contributed by atoms with Crippen LogP contribution in [0.3, 0.4) is 0 Å². The fourth-order valence-electron chi connectivity index (χ4n) is 7.74. The molecule has 58 heavy (non-hydrogen) atoms. The van der Waals surface area contributed by atoms with Gasteiger partial charge in [-0.15, -0.1) is 0 Å². The van der Waals surface area contributed by atoms with E-state index < -0.39 is 29.9 Å². The maximum atomic E-state index is 13.7. The lowest BCUT2D eigenvalue weighted by atomic mass is 9.98. The predicted molar refractivity (Wildman–Crippen MR) is 218 cm³/mol.